The van der Waals surface area contributed by atoms with Gasteiger partial charge in [0.25, 0.3) is 0 Å². The number of hydrogen-bond donors (Lipinski definition) is 2. The Morgan fingerprint density at radius 1 is 0.415 bits per heavy atom. The Morgan fingerprint density at radius 3 is 0.805 bits per heavy atom. The van der Waals surface area contributed by atoms with Gasteiger partial charge in [0.2, 0.25) is 9.84 Å². The summed E-state index contributed by atoms with van der Waals surface area (Å²) >= 11 is 0. The van der Waals surface area contributed by atoms with Crippen LogP contribution >= 0.6 is 0 Å². The first-order valence-corrected chi connectivity index (χ1v) is 16.3. The molecule has 0 heterocycles. The minimum Gasteiger partial charge on any atom is -0.508 e. The average Bonchev–Trinajstić information content (AvgIpc) is 2.67. The fourth-order valence-electron chi connectivity index (χ4n) is 6.03. The van der Waals surface area contributed by atoms with Crippen LogP contribution < -0.4 is 0 Å². The molecular weight excluding hydrogens is 528 g/mol. The van der Waals surface area contributed by atoms with E-state index in [0.29, 0.717) is 33.4 Å². The Kier molecular flexibility index (Phi) is 8.61. The Bertz CT molecular complexity index is 1330. The zero-order valence-corrected chi connectivity index (χ0v) is 30.1. The minimum atomic E-state index is -4.22. The number of benzene rings is 2. The molecule has 0 radical (unpaired) electrons. The topological polar surface area (TPSA) is 74.6 Å². The van der Waals surface area contributed by atoms with Crippen LogP contribution in [-0.2, 0) is 42.3 Å². The summed E-state index contributed by atoms with van der Waals surface area (Å²) in [5.74, 6) is 0.249. The Labute approximate surface area is 251 Å². The zero-order chi connectivity index (χ0) is 32.7. The molecule has 0 aliphatic rings. The molecule has 0 fully saturated rings. The van der Waals surface area contributed by atoms with Crippen molar-refractivity contribution >= 4 is 9.84 Å². The molecule has 2 N–H and O–H groups in total. The van der Waals surface area contributed by atoms with Crippen LogP contribution in [-0.4, -0.2) is 18.6 Å². The first kappa shape index (κ1) is 35.2. The molecule has 0 aromatic heterocycles. The van der Waals surface area contributed by atoms with Gasteiger partial charge in [-0.3, -0.25) is 0 Å². The van der Waals surface area contributed by atoms with Gasteiger partial charge < -0.3 is 10.2 Å². The quantitative estimate of drug-likeness (QED) is 0.367. The number of rotatable bonds is 2. The fraction of sp³-hybridized carbons (Fsp3) is 0.667. The normalized spacial score (nSPS) is 14.5. The maximum atomic E-state index is 15.7. The minimum absolute atomic E-state index is 0.125. The molecular formula is C36H58O4S. The van der Waals surface area contributed by atoms with Gasteiger partial charge in [-0.15, -0.1) is 0 Å². The van der Waals surface area contributed by atoms with Crippen LogP contribution in [0, 0.1) is 0 Å². The van der Waals surface area contributed by atoms with Crippen molar-refractivity contribution in [2.45, 2.75) is 167 Å². The van der Waals surface area contributed by atoms with E-state index in [0.717, 1.165) is 0 Å². The lowest BCUT2D eigenvalue weighted by Gasteiger charge is -2.39. The van der Waals surface area contributed by atoms with E-state index in [2.05, 4.69) is 0 Å². The second kappa shape index (κ2) is 10.0. The first-order chi connectivity index (χ1) is 17.8. The SMILES string of the molecule is CC(C)(C)c1cc(O)c(C(C)(C)C)c(C(C)(C)C)c1S(=O)(=O)c1c(C(C)(C)C)cc(O)c(C(C)(C)C)c1C(C)(C)C. The summed E-state index contributed by atoms with van der Waals surface area (Å²) in [5, 5.41) is 23.0. The third kappa shape index (κ3) is 6.65. The lowest BCUT2D eigenvalue weighted by atomic mass is 9.71. The Balaban J connectivity index is 3.60. The molecule has 0 unspecified atom stereocenters. The Hall–Kier alpha value is -2.01. The van der Waals surface area contributed by atoms with Gasteiger partial charge in [-0.25, -0.2) is 8.42 Å². The van der Waals surface area contributed by atoms with Crippen molar-refractivity contribution in [2.75, 3.05) is 0 Å². The largest absolute Gasteiger partial charge is 0.508 e. The third-order valence-corrected chi connectivity index (χ3v) is 9.59. The summed E-state index contributed by atoms with van der Waals surface area (Å²) in [4.78, 5) is 0.559. The third-order valence-electron chi connectivity index (χ3n) is 7.67. The number of phenolic OH excluding ortho intramolecular Hbond substituents is 2. The van der Waals surface area contributed by atoms with E-state index in [1.165, 1.54) is 0 Å². The molecule has 0 aliphatic carbocycles. The van der Waals surface area contributed by atoms with E-state index >= 15 is 8.42 Å². The van der Waals surface area contributed by atoms with Crippen LogP contribution in [0.15, 0.2) is 21.9 Å². The molecule has 0 amide bonds. The molecule has 5 heteroatoms. The summed E-state index contributed by atoms with van der Waals surface area (Å²) in [5.41, 5.74) is 0.415. The summed E-state index contributed by atoms with van der Waals surface area (Å²) < 4.78 is 31.4. The lowest BCUT2D eigenvalue weighted by molar-refractivity contribution is 0.422. The molecule has 2 aromatic rings. The van der Waals surface area contributed by atoms with Gasteiger partial charge in [0, 0.05) is 11.1 Å². The molecule has 0 saturated heterocycles. The van der Waals surface area contributed by atoms with E-state index < -0.39 is 42.3 Å². The van der Waals surface area contributed by atoms with Crippen LogP contribution in [0.2, 0.25) is 0 Å². The molecule has 0 spiro atoms. The highest BCUT2D eigenvalue weighted by molar-refractivity contribution is 7.91. The van der Waals surface area contributed by atoms with Crippen molar-refractivity contribution in [3.63, 3.8) is 0 Å². The molecule has 2 rings (SSSR count). The highest BCUT2D eigenvalue weighted by Crippen LogP contribution is 2.53. The summed E-state index contributed by atoms with van der Waals surface area (Å²) in [6, 6.07) is 3.36. The molecule has 232 valence electrons. The van der Waals surface area contributed by atoms with Crippen LogP contribution in [0.4, 0.5) is 0 Å². The smallest absolute Gasteiger partial charge is 0.207 e. The van der Waals surface area contributed by atoms with Gasteiger partial charge in [-0.1, -0.05) is 125 Å². The average molecular weight is 587 g/mol. The van der Waals surface area contributed by atoms with Gasteiger partial charge >= 0.3 is 0 Å². The summed E-state index contributed by atoms with van der Waals surface area (Å²) in [6.07, 6.45) is 0. The molecule has 4 nitrogen and oxygen atoms in total. The zero-order valence-electron chi connectivity index (χ0n) is 29.3. The highest BCUT2D eigenvalue weighted by atomic mass is 32.2. The van der Waals surface area contributed by atoms with Crippen LogP contribution in [0.25, 0.3) is 0 Å². The van der Waals surface area contributed by atoms with E-state index in [4.69, 9.17) is 0 Å². The number of aromatic hydroxyl groups is 2. The number of phenols is 2. The van der Waals surface area contributed by atoms with Crippen LogP contribution in [0.1, 0.15) is 158 Å². The number of sulfone groups is 1. The Morgan fingerprint density at radius 2 is 0.634 bits per heavy atom. The van der Waals surface area contributed by atoms with Gasteiger partial charge in [0.05, 0.1) is 9.79 Å². The predicted octanol–water partition coefficient (Wildman–Crippen LogP) is 9.72. The van der Waals surface area contributed by atoms with E-state index in [1.54, 1.807) is 12.1 Å². The molecule has 0 aliphatic heterocycles. The van der Waals surface area contributed by atoms with Gasteiger partial charge in [-0.2, -0.15) is 0 Å². The molecule has 0 saturated carbocycles. The highest BCUT2D eigenvalue weighted by Gasteiger charge is 2.45. The molecule has 2 aromatic carbocycles. The van der Waals surface area contributed by atoms with Crippen molar-refractivity contribution in [2.24, 2.45) is 0 Å². The maximum absolute atomic E-state index is 15.7. The molecule has 0 bridgehead atoms. The van der Waals surface area contributed by atoms with Crippen molar-refractivity contribution in [3.05, 3.63) is 45.5 Å². The van der Waals surface area contributed by atoms with Crippen molar-refractivity contribution in [3.8, 4) is 11.5 Å². The van der Waals surface area contributed by atoms with Crippen LogP contribution in [0.3, 0.4) is 0 Å². The van der Waals surface area contributed by atoms with E-state index in [-0.39, 0.29) is 21.3 Å². The maximum Gasteiger partial charge on any atom is 0.207 e. The van der Waals surface area contributed by atoms with Crippen molar-refractivity contribution in [1.82, 2.24) is 0 Å². The first-order valence-electron chi connectivity index (χ1n) is 14.8. The second-order valence-corrected chi connectivity index (χ2v) is 19.9. The van der Waals surface area contributed by atoms with Gasteiger partial charge in [-0.05, 0) is 66.9 Å². The predicted molar refractivity (Wildman–Crippen MR) is 174 cm³/mol. The van der Waals surface area contributed by atoms with E-state index in [9.17, 15) is 10.2 Å². The van der Waals surface area contributed by atoms with Crippen molar-refractivity contribution < 1.29 is 18.6 Å². The van der Waals surface area contributed by atoms with Crippen molar-refractivity contribution in [1.29, 1.82) is 0 Å². The van der Waals surface area contributed by atoms with E-state index in [1.807, 2.05) is 125 Å². The second-order valence-electron chi connectivity index (χ2n) is 18.0. The summed E-state index contributed by atoms with van der Waals surface area (Å²) in [7, 11) is -4.22. The van der Waals surface area contributed by atoms with Gasteiger partial charge in [0.15, 0.2) is 0 Å². The fourth-order valence-corrected chi connectivity index (χ4v) is 8.89. The van der Waals surface area contributed by atoms with Crippen LogP contribution in [0.5, 0.6) is 11.5 Å². The van der Waals surface area contributed by atoms with Gasteiger partial charge in [0.1, 0.15) is 11.5 Å². The summed E-state index contributed by atoms with van der Waals surface area (Å²) in [6.45, 7) is 36.2. The number of hydrogen-bond acceptors (Lipinski definition) is 4. The molecule has 41 heavy (non-hydrogen) atoms. The molecule has 0 atom stereocenters. The lowest BCUT2D eigenvalue weighted by Crippen LogP contribution is -2.32. The monoisotopic (exact) mass is 586 g/mol. The standard InChI is InChI=1S/C36H58O4S/c1-31(2,3)21-19-23(37)25(33(7,8)9)27(35(13,14)15)29(21)41(39,40)30-22(32(4,5)6)20-24(38)26(34(10,11)12)28(30)36(16,17)18/h19-20,37-38H,1-18H3.